The van der Waals surface area contributed by atoms with Gasteiger partial charge in [0.15, 0.2) is 0 Å². The lowest BCUT2D eigenvalue weighted by molar-refractivity contribution is 0.669. The van der Waals surface area contributed by atoms with Crippen molar-refractivity contribution in [3.8, 4) is 0 Å². The lowest BCUT2D eigenvalue weighted by Gasteiger charge is -2.28. The molecule has 0 aliphatic heterocycles. The van der Waals surface area contributed by atoms with Gasteiger partial charge in [-0.15, -0.1) is 0 Å². The van der Waals surface area contributed by atoms with Crippen LogP contribution in [0.4, 0.5) is 34.1 Å². The molecule has 48 heavy (non-hydrogen) atoms. The summed E-state index contributed by atoms with van der Waals surface area (Å²) < 4.78 is 6.82. The van der Waals surface area contributed by atoms with Crippen molar-refractivity contribution in [3.63, 3.8) is 0 Å². The van der Waals surface area contributed by atoms with Gasteiger partial charge >= 0.3 is 0 Å². The van der Waals surface area contributed by atoms with Crippen LogP contribution in [-0.2, 0) is 0 Å². The molecule has 0 fully saturated rings. The highest BCUT2D eigenvalue weighted by molar-refractivity contribution is 6.88. The molecule has 3 nitrogen and oxygen atoms in total. The zero-order chi connectivity index (χ0) is 32.8. The Labute approximate surface area is 283 Å². The number of hydrogen-bond donors (Lipinski definition) is 0. The minimum absolute atomic E-state index is 0.864. The van der Waals surface area contributed by atoms with Gasteiger partial charge in [-0.1, -0.05) is 115 Å². The number of fused-ring (bicyclic) bond motifs is 5. The molecule has 0 saturated carbocycles. The number of benzene rings is 7. The highest BCUT2D eigenvalue weighted by atomic mass is 28.3. The molecule has 0 saturated heterocycles. The zero-order valence-corrected chi connectivity index (χ0v) is 28.8. The molecule has 1 heterocycles. The molecule has 1 aromatic heterocycles. The van der Waals surface area contributed by atoms with Crippen LogP contribution in [-0.4, -0.2) is 8.07 Å². The van der Waals surface area contributed by atoms with Crippen LogP contribution in [0.15, 0.2) is 162 Å². The van der Waals surface area contributed by atoms with Crippen molar-refractivity contribution in [2.24, 2.45) is 0 Å². The van der Waals surface area contributed by atoms with Gasteiger partial charge in [0.25, 0.3) is 0 Å². The second-order valence-electron chi connectivity index (χ2n) is 13.6. The van der Waals surface area contributed by atoms with E-state index in [0.29, 0.717) is 0 Å². The van der Waals surface area contributed by atoms with Crippen LogP contribution in [0.1, 0.15) is 5.56 Å². The molecule has 4 heteroatoms. The summed E-state index contributed by atoms with van der Waals surface area (Å²) >= 11 is 0. The highest BCUT2D eigenvalue weighted by Gasteiger charge is 2.22. The maximum atomic E-state index is 6.82. The lowest BCUT2D eigenvalue weighted by Crippen LogP contribution is -2.37. The second kappa shape index (κ2) is 11.9. The third-order valence-electron chi connectivity index (χ3n) is 9.25. The average Bonchev–Trinajstić information content (AvgIpc) is 3.48. The summed E-state index contributed by atoms with van der Waals surface area (Å²) in [5.41, 5.74) is 9.56. The van der Waals surface area contributed by atoms with Gasteiger partial charge in [0.05, 0.1) is 13.8 Å². The Balaban J connectivity index is 1.33. The van der Waals surface area contributed by atoms with Gasteiger partial charge in [0.1, 0.15) is 11.2 Å². The van der Waals surface area contributed by atoms with E-state index in [-0.39, 0.29) is 0 Å². The first-order chi connectivity index (χ1) is 23.3. The van der Waals surface area contributed by atoms with Crippen molar-refractivity contribution in [2.75, 3.05) is 9.80 Å². The molecular formula is C44H38N2OSi. The summed E-state index contributed by atoms with van der Waals surface area (Å²) in [7, 11) is -1.44. The van der Waals surface area contributed by atoms with Crippen LogP contribution in [0.3, 0.4) is 0 Å². The van der Waals surface area contributed by atoms with E-state index < -0.39 is 8.07 Å². The molecule has 7 aromatic carbocycles. The summed E-state index contributed by atoms with van der Waals surface area (Å²) in [4.78, 5) is 4.65. The Morgan fingerprint density at radius 3 is 1.60 bits per heavy atom. The maximum absolute atomic E-state index is 6.82. The Morgan fingerprint density at radius 2 is 0.958 bits per heavy atom. The number of aryl methyl sites for hydroxylation is 1. The smallest absolute Gasteiger partial charge is 0.138 e. The van der Waals surface area contributed by atoms with Gasteiger partial charge in [-0.25, -0.2) is 0 Å². The average molecular weight is 639 g/mol. The van der Waals surface area contributed by atoms with E-state index in [2.05, 4.69) is 194 Å². The van der Waals surface area contributed by atoms with Crippen LogP contribution in [0.25, 0.3) is 32.7 Å². The quantitative estimate of drug-likeness (QED) is 0.162. The highest BCUT2D eigenvalue weighted by Crippen LogP contribution is 2.45. The van der Waals surface area contributed by atoms with Crippen molar-refractivity contribution < 1.29 is 4.42 Å². The molecule has 0 bridgehead atoms. The Hall–Kier alpha value is -5.58. The van der Waals surface area contributed by atoms with Gasteiger partial charge in [0.2, 0.25) is 0 Å². The number of anilines is 6. The van der Waals surface area contributed by atoms with E-state index in [4.69, 9.17) is 4.42 Å². The summed E-state index contributed by atoms with van der Waals surface area (Å²) in [6.07, 6.45) is 0. The minimum Gasteiger partial charge on any atom is -0.456 e. The number of nitrogens with zero attached hydrogens (tertiary/aromatic N) is 2. The fourth-order valence-electron chi connectivity index (χ4n) is 6.77. The molecule has 0 amide bonds. The molecule has 8 rings (SSSR count). The van der Waals surface area contributed by atoms with Crippen LogP contribution < -0.4 is 15.0 Å². The molecule has 0 atom stereocenters. The third kappa shape index (κ3) is 5.34. The molecule has 0 aliphatic rings. The number of hydrogen-bond acceptors (Lipinski definition) is 3. The van der Waals surface area contributed by atoms with Gasteiger partial charge in [-0.05, 0) is 73.0 Å². The molecule has 0 unspecified atom stereocenters. The fraction of sp³-hybridized carbons (Fsp3) is 0.0909. The fourth-order valence-corrected chi connectivity index (χ4v) is 7.93. The number of furan rings is 1. The zero-order valence-electron chi connectivity index (χ0n) is 27.8. The molecule has 0 radical (unpaired) electrons. The predicted molar refractivity (Wildman–Crippen MR) is 208 cm³/mol. The molecular weight excluding hydrogens is 601 g/mol. The van der Waals surface area contributed by atoms with Gasteiger partial charge in [0, 0.05) is 56.7 Å². The first kappa shape index (κ1) is 29.8. The monoisotopic (exact) mass is 638 g/mol. The van der Waals surface area contributed by atoms with Gasteiger partial charge in [-0.3, -0.25) is 0 Å². The van der Waals surface area contributed by atoms with E-state index in [9.17, 15) is 0 Å². The van der Waals surface area contributed by atoms with Crippen molar-refractivity contribution in [2.45, 2.75) is 26.6 Å². The van der Waals surface area contributed by atoms with E-state index in [1.54, 1.807) is 0 Å². The number of para-hydroxylation sites is 2. The first-order valence-electron chi connectivity index (χ1n) is 16.6. The van der Waals surface area contributed by atoms with E-state index >= 15 is 0 Å². The van der Waals surface area contributed by atoms with Crippen LogP contribution in [0, 0.1) is 6.92 Å². The van der Waals surface area contributed by atoms with E-state index in [1.807, 2.05) is 0 Å². The van der Waals surface area contributed by atoms with Crippen molar-refractivity contribution in [1.29, 1.82) is 0 Å². The van der Waals surface area contributed by atoms with Crippen LogP contribution in [0.2, 0.25) is 19.6 Å². The molecule has 0 N–H and O–H groups in total. The SMILES string of the molecule is Cc1ccc(N(c2ccccc2)c2ccc3c(c2)oc2cc(N(c4ccccc4)c4ccc([Si](C)(C)C)cc4)c4ccccc4c23)cc1. The third-order valence-corrected chi connectivity index (χ3v) is 11.3. The molecule has 0 aliphatic carbocycles. The van der Waals surface area contributed by atoms with Crippen molar-refractivity contribution >= 4 is 80.1 Å². The molecule has 234 valence electrons. The van der Waals surface area contributed by atoms with Crippen molar-refractivity contribution in [3.05, 3.63) is 163 Å². The van der Waals surface area contributed by atoms with Gasteiger partial charge in [-0.2, -0.15) is 0 Å². The first-order valence-corrected chi connectivity index (χ1v) is 20.1. The molecule has 8 aromatic rings. The summed E-state index contributed by atoms with van der Waals surface area (Å²) in [5.74, 6) is 0. The summed E-state index contributed by atoms with van der Waals surface area (Å²) in [6, 6.07) is 56.6. The Bertz CT molecular complexity index is 2370. The maximum Gasteiger partial charge on any atom is 0.138 e. The number of rotatable bonds is 7. The van der Waals surface area contributed by atoms with E-state index in [0.717, 1.165) is 56.1 Å². The standard InChI is InChI=1S/C44H38N2OSi/c1-31-19-21-34(22-20-31)45(32-13-7-5-8-14-32)36-25-28-40-42(29-36)47-43-30-41(38-17-11-12-18-39(38)44(40)43)46(33-15-9-6-10-16-33)35-23-26-37(27-24-35)48(2,3)4/h5-30H,1-4H3. The Morgan fingerprint density at radius 1 is 0.438 bits per heavy atom. The minimum atomic E-state index is -1.44. The summed E-state index contributed by atoms with van der Waals surface area (Å²) in [6.45, 7) is 9.30. The lowest BCUT2D eigenvalue weighted by atomic mass is 10.0. The van der Waals surface area contributed by atoms with Crippen molar-refractivity contribution in [1.82, 2.24) is 0 Å². The topological polar surface area (TPSA) is 19.6 Å². The molecule has 0 spiro atoms. The Kier molecular flexibility index (Phi) is 7.38. The normalized spacial score (nSPS) is 11.8. The van der Waals surface area contributed by atoms with E-state index in [1.165, 1.54) is 21.5 Å². The largest absolute Gasteiger partial charge is 0.456 e. The second-order valence-corrected chi connectivity index (χ2v) is 18.6. The van der Waals surface area contributed by atoms with Gasteiger partial charge < -0.3 is 14.2 Å². The van der Waals surface area contributed by atoms with Crippen LogP contribution >= 0.6 is 0 Å². The predicted octanol–water partition coefficient (Wildman–Crippen LogP) is 12.5. The van der Waals surface area contributed by atoms with Crippen LogP contribution in [0.5, 0.6) is 0 Å². The summed E-state index contributed by atoms with van der Waals surface area (Å²) in [5, 5.41) is 6.05.